The number of carbonyl (C=O) groups excluding carboxylic acids is 1. The average molecular weight is 295 g/mol. The quantitative estimate of drug-likeness (QED) is 0.914. The third kappa shape index (κ3) is 2.86. The van der Waals surface area contributed by atoms with Gasteiger partial charge in [-0.05, 0) is 12.8 Å². The van der Waals surface area contributed by atoms with Crippen molar-refractivity contribution >= 4 is 11.9 Å². The van der Waals surface area contributed by atoms with Crippen LogP contribution in [0.3, 0.4) is 0 Å². The van der Waals surface area contributed by atoms with E-state index in [2.05, 4.69) is 9.97 Å². The van der Waals surface area contributed by atoms with Gasteiger partial charge in [-0.25, -0.2) is 19.2 Å². The van der Waals surface area contributed by atoms with Gasteiger partial charge in [-0.1, -0.05) is 13.8 Å². The topological polar surface area (TPSA) is 83.4 Å². The predicted molar refractivity (Wildman–Crippen MR) is 72.9 cm³/mol. The summed E-state index contributed by atoms with van der Waals surface area (Å²) in [6.07, 6.45) is 1.23. The van der Waals surface area contributed by atoms with Crippen LogP contribution in [0.15, 0.2) is 6.20 Å². The van der Waals surface area contributed by atoms with Gasteiger partial charge in [0.25, 0.3) is 5.91 Å². The molecule has 1 aromatic heterocycles. The lowest BCUT2D eigenvalue weighted by Gasteiger charge is -2.19. The molecule has 2 heterocycles. The van der Waals surface area contributed by atoms with Gasteiger partial charge < -0.3 is 10.0 Å². The van der Waals surface area contributed by atoms with Crippen molar-refractivity contribution in [3.8, 4) is 0 Å². The fourth-order valence-corrected chi connectivity index (χ4v) is 2.38. The van der Waals surface area contributed by atoms with Gasteiger partial charge in [-0.3, -0.25) is 4.79 Å². The van der Waals surface area contributed by atoms with Gasteiger partial charge in [-0.15, -0.1) is 0 Å². The first kappa shape index (κ1) is 15.3. The summed E-state index contributed by atoms with van der Waals surface area (Å²) >= 11 is 0. The van der Waals surface area contributed by atoms with Gasteiger partial charge in [0.2, 0.25) is 5.67 Å². The molecule has 1 atom stereocenters. The van der Waals surface area contributed by atoms with Crippen molar-refractivity contribution in [2.75, 3.05) is 13.1 Å². The Morgan fingerprint density at radius 3 is 2.67 bits per heavy atom. The highest BCUT2D eigenvalue weighted by Gasteiger charge is 2.47. The van der Waals surface area contributed by atoms with Gasteiger partial charge in [-0.2, -0.15) is 0 Å². The zero-order chi connectivity index (χ0) is 15.8. The molecule has 7 heteroatoms. The minimum Gasteiger partial charge on any atom is -0.479 e. The van der Waals surface area contributed by atoms with Crippen molar-refractivity contribution in [2.24, 2.45) is 0 Å². The summed E-state index contributed by atoms with van der Waals surface area (Å²) in [5.74, 6) is -1.37. The van der Waals surface area contributed by atoms with Crippen LogP contribution in [0.25, 0.3) is 0 Å². The van der Waals surface area contributed by atoms with E-state index in [-0.39, 0.29) is 18.9 Å². The SMILES string of the molecule is Cc1ncc(C(=O)N2CC[C@](F)(C(=O)O)C2)c(C(C)C)n1. The highest BCUT2D eigenvalue weighted by atomic mass is 19.1. The number of alkyl halides is 1. The minimum atomic E-state index is -2.36. The van der Waals surface area contributed by atoms with E-state index in [1.807, 2.05) is 13.8 Å². The van der Waals surface area contributed by atoms with E-state index in [0.29, 0.717) is 17.1 Å². The first-order chi connectivity index (χ1) is 9.74. The van der Waals surface area contributed by atoms with Crippen molar-refractivity contribution in [3.63, 3.8) is 0 Å². The second-order valence-electron chi connectivity index (χ2n) is 5.62. The van der Waals surface area contributed by atoms with Crippen LogP contribution in [-0.2, 0) is 4.79 Å². The van der Waals surface area contributed by atoms with Crippen LogP contribution in [0.1, 0.15) is 48.1 Å². The number of halogens is 1. The lowest BCUT2D eigenvalue weighted by atomic mass is 10.0. The molecule has 0 aliphatic carbocycles. The van der Waals surface area contributed by atoms with Gasteiger partial charge in [0.05, 0.1) is 17.8 Å². The summed E-state index contributed by atoms with van der Waals surface area (Å²) in [6.45, 7) is 5.17. The molecule has 0 spiro atoms. The number of carboxylic acid groups (broad SMARTS) is 1. The number of hydrogen-bond acceptors (Lipinski definition) is 4. The van der Waals surface area contributed by atoms with E-state index in [9.17, 15) is 14.0 Å². The molecule has 0 radical (unpaired) electrons. The second kappa shape index (κ2) is 5.38. The van der Waals surface area contributed by atoms with Crippen molar-refractivity contribution in [2.45, 2.75) is 38.8 Å². The van der Waals surface area contributed by atoms with Crippen LogP contribution in [0.5, 0.6) is 0 Å². The average Bonchev–Trinajstić information content (AvgIpc) is 2.82. The molecule has 1 aromatic rings. The Balaban J connectivity index is 2.28. The molecular weight excluding hydrogens is 277 g/mol. The summed E-state index contributed by atoms with van der Waals surface area (Å²) in [6, 6.07) is 0. The summed E-state index contributed by atoms with van der Waals surface area (Å²) in [5, 5.41) is 8.88. The van der Waals surface area contributed by atoms with E-state index >= 15 is 0 Å². The Hall–Kier alpha value is -2.05. The molecule has 114 valence electrons. The van der Waals surface area contributed by atoms with Crippen LogP contribution >= 0.6 is 0 Å². The maximum Gasteiger partial charge on any atom is 0.343 e. The molecule has 1 N–H and O–H groups in total. The molecule has 1 fully saturated rings. The Labute approximate surface area is 122 Å². The number of hydrogen-bond donors (Lipinski definition) is 1. The third-order valence-electron chi connectivity index (χ3n) is 3.61. The first-order valence-corrected chi connectivity index (χ1v) is 6.80. The van der Waals surface area contributed by atoms with Crippen molar-refractivity contribution < 1.29 is 19.1 Å². The van der Waals surface area contributed by atoms with Crippen LogP contribution in [0, 0.1) is 6.92 Å². The zero-order valence-corrected chi connectivity index (χ0v) is 12.3. The first-order valence-electron chi connectivity index (χ1n) is 6.80. The highest BCUT2D eigenvalue weighted by Crippen LogP contribution is 2.28. The van der Waals surface area contributed by atoms with Crippen LogP contribution in [0.4, 0.5) is 4.39 Å². The fraction of sp³-hybridized carbons (Fsp3) is 0.571. The van der Waals surface area contributed by atoms with E-state index in [1.54, 1.807) is 6.92 Å². The summed E-state index contributed by atoms with van der Waals surface area (Å²) < 4.78 is 14.1. The van der Waals surface area contributed by atoms with Gasteiger partial charge in [0, 0.05) is 19.2 Å². The van der Waals surface area contributed by atoms with Gasteiger partial charge >= 0.3 is 5.97 Å². The fourth-order valence-electron chi connectivity index (χ4n) is 2.38. The van der Waals surface area contributed by atoms with Crippen molar-refractivity contribution in [1.29, 1.82) is 0 Å². The smallest absolute Gasteiger partial charge is 0.343 e. The minimum absolute atomic E-state index is 0.0165. The molecule has 1 amide bonds. The van der Waals surface area contributed by atoms with E-state index in [0.717, 1.165) is 0 Å². The molecule has 1 aliphatic rings. The van der Waals surface area contributed by atoms with E-state index in [4.69, 9.17) is 5.11 Å². The number of rotatable bonds is 3. The van der Waals surface area contributed by atoms with E-state index < -0.39 is 24.1 Å². The Bertz CT molecular complexity index is 591. The molecule has 2 rings (SSSR count). The maximum atomic E-state index is 14.1. The van der Waals surface area contributed by atoms with Gasteiger partial charge in [0.1, 0.15) is 5.82 Å². The van der Waals surface area contributed by atoms with E-state index in [1.165, 1.54) is 11.1 Å². The monoisotopic (exact) mass is 295 g/mol. The largest absolute Gasteiger partial charge is 0.479 e. The number of aliphatic carboxylic acids is 1. The number of carbonyl (C=O) groups is 2. The van der Waals surface area contributed by atoms with Crippen molar-refractivity contribution in [3.05, 3.63) is 23.3 Å². The molecule has 0 saturated carbocycles. The number of aryl methyl sites for hydroxylation is 1. The molecule has 0 bridgehead atoms. The predicted octanol–water partition coefficient (Wildman–Crippen LogP) is 1.55. The lowest BCUT2D eigenvalue weighted by molar-refractivity contribution is -0.149. The maximum absolute atomic E-state index is 14.1. The summed E-state index contributed by atoms with van der Waals surface area (Å²) in [4.78, 5) is 32.9. The molecule has 0 aromatic carbocycles. The number of likely N-dealkylation sites (tertiary alicyclic amines) is 1. The van der Waals surface area contributed by atoms with Gasteiger partial charge in [0.15, 0.2) is 0 Å². The summed E-state index contributed by atoms with van der Waals surface area (Å²) in [7, 11) is 0. The lowest BCUT2D eigenvalue weighted by Crippen LogP contribution is -2.39. The Morgan fingerprint density at radius 2 is 2.14 bits per heavy atom. The highest BCUT2D eigenvalue weighted by molar-refractivity contribution is 5.96. The molecule has 0 unspecified atom stereocenters. The normalized spacial score (nSPS) is 21.9. The molecule has 1 saturated heterocycles. The second-order valence-corrected chi connectivity index (χ2v) is 5.62. The third-order valence-corrected chi connectivity index (χ3v) is 3.61. The van der Waals surface area contributed by atoms with Crippen LogP contribution in [-0.4, -0.2) is 50.6 Å². The molecular formula is C14H18FN3O3. The standard InChI is InChI=1S/C14H18FN3O3/c1-8(2)11-10(6-16-9(3)17-11)12(19)18-5-4-14(15,7-18)13(20)21/h6,8H,4-5,7H2,1-3H3,(H,20,21)/t14-/m1/s1. The Morgan fingerprint density at radius 1 is 1.48 bits per heavy atom. The Kier molecular flexibility index (Phi) is 3.93. The zero-order valence-electron chi connectivity index (χ0n) is 12.3. The number of amides is 1. The van der Waals surface area contributed by atoms with Crippen LogP contribution < -0.4 is 0 Å². The number of aromatic nitrogens is 2. The number of carboxylic acids is 1. The van der Waals surface area contributed by atoms with Crippen molar-refractivity contribution in [1.82, 2.24) is 14.9 Å². The molecule has 21 heavy (non-hydrogen) atoms. The molecule has 6 nitrogen and oxygen atoms in total. The van der Waals surface area contributed by atoms with Crippen LogP contribution in [0.2, 0.25) is 0 Å². The summed E-state index contributed by atoms with van der Waals surface area (Å²) in [5.41, 5.74) is -1.46. The molecule has 1 aliphatic heterocycles. The number of nitrogens with zero attached hydrogens (tertiary/aromatic N) is 3.